The number of rotatable bonds is 1. The maximum Gasteiger partial charge on any atom is 0.166 e. The highest BCUT2D eigenvalue weighted by Gasteiger charge is 2.22. The molecule has 1 aliphatic rings. The first kappa shape index (κ1) is 9.21. The molecular formula is C11H10N4O. The van der Waals surface area contributed by atoms with Gasteiger partial charge in [-0.25, -0.2) is 14.6 Å². The summed E-state index contributed by atoms with van der Waals surface area (Å²) in [6, 6.07) is 1.78. The number of hydrogen-bond donors (Lipinski definition) is 0. The van der Waals surface area contributed by atoms with Gasteiger partial charge in [0.15, 0.2) is 11.6 Å². The van der Waals surface area contributed by atoms with Gasteiger partial charge in [0.2, 0.25) is 0 Å². The van der Waals surface area contributed by atoms with Crippen molar-refractivity contribution in [3.8, 4) is 5.82 Å². The molecule has 0 spiro atoms. The van der Waals surface area contributed by atoms with Crippen LogP contribution in [0.25, 0.3) is 5.82 Å². The molecule has 0 bridgehead atoms. The first-order chi connectivity index (χ1) is 7.86. The lowest BCUT2D eigenvalue weighted by Crippen LogP contribution is -2.13. The van der Waals surface area contributed by atoms with Crippen LogP contribution in [0.1, 0.15) is 28.9 Å². The second kappa shape index (κ2) is 3.52. The maximum absolute atomic E-state index is 11.6. The minimum atomic E-state index is 0.182. The molecule has 5 nitrogen and oxygen atoms in total. The number of hydrogen-bond acceptors (Lipinski definition) is 4. The van der Waals surface area contributed by atoms with E-state index in [1.54, 1.807) is 23.1 Å². The van der Waals surface area contributed by atoms with E-state index in [-0.39, 0.29) is 5.78 Å². The molecule has 0 unspecified atom stereocenters. The molecule has 2 heterocycles. The van der Waals surface area contributed by atoms with Gasteiger partial charge in [-0.05, 0) is 12.8 Å². The van der Waals surface area contributed by atoms with Crippen LogP contribution in [-0.2, 0) is 6.42 Å². The van der Waals surface area contributed by atoms with Crippen molar-refractivity contribution in [2.24, 2.45) is 0 Å². The second-order valence-electron chi connectivity index (χ2n) is 3.76. The van der Waals surface area contributed by atoms with Gasteiger partial charge in [-0.3, -0.25) is 4.79 Å². The lowest BCUT2D eigenvalue weighted by Gasteiger charge is -2.12. The van der Waals surface area contributed by atoms with E-state index in [9.17, 15) is 4.79 Å². The van der Waals surface area contributed by atoms with Gasteiger partial charge in [0, 0.05) is 18.7 Å². The lowest BCUT2D eigenvalue weighted by atomic mass is 9.97. The molecule has 1 aliphatic carbocycles. The van der Waals surface area contributed by atoms with Crippen molar-refractivity contribution >= 4 is 5.78 Å². The third kappa shape index (κ3) is 1.32. The highest BCUT2D eigenvalue weighted by atomic mass is 16.1. The molecule has 0 saturated carbocycles. The third-order valence-corrected chi connectivity index (χ3v) is 2.77. The van der Waals surface area contributed by atoms with Crippen LogP contribution in [0.5, 0.6) is 0 Å². The van der Waals surface area contributed by atoms with E-state index in [4.69, 9.17) is 0 Å². The Kier molecular flexibility index (Phi) is 2.02. The van der Waals surface area contributed by atoms with Crippen molar-refractivity contribution in [3.63, 3.8) is 0 Å². The van der Waals surface area contributed by atoms with Crippen molar-refractivity contribution in [1.29, 1.82) is 0 Å². The topological polar surface area (TPSA) is 60.7 Å². The Bertz CT molecular complexity index is 532. The standard InChI is InChI=1S/C11H10N4O/c16-10-3-1-2-9-8(10)6-14-15(9)11-4-5-12-7-13-11/h4-7H,1-3H2. The number of Topliss-reactive ketones (excluding diaryl/α,β-unsaturated/α-hetero) is 1. The van der Waals surface area contributed by atoms with Gasteiger partial charge in [-0.1, -0.05) is 0 Å². The van der Waals surface area contributed by atoms with Crippen LogP contribution >= 0.6 is 0 Å². The first-order valence-corrected chi connectivity index (χ1v) is 5.23. The highest BCUT2D eigenvalue weighted by molar-refractivity contribution is 5.97. The molecule has 2 aromatic rings. The predicted molar refractivity (Wildman–Crippen MR) is 56.4 cm³/mol. The average molecular weight is 214 g/mol. The highest BCUT2D eigenvalue weighted by Crippen LogP contribution is 2.22. The third-order valence-electron chi connectivity index (χ3n) is 2.77. The van der Waals surface area contributed by atoms with Gasteiger partial charge in [-0.15, -0.1) is 0 Å². The van der Waals surface area contributed by atoms with Gasteiger partial charge >= 0.3 is 0 Å². The fraction of sp³-hybridized carbons (Fsp3) is 0.273. The zero-order valence-corrected chi connectivity index (χ0v) is 8.63. The molecule has 3 rings (SSSR count). The van der Waals surface area contributed by atoms with Crippen LogP contribution in [0, 0.1) is 0 Å². The summed E-state index contributed by atoms with van der Waals surface area (Å²) in [5, 5.41) is 4.22. The van der Waals surface area contributed by atoms with Crippen molar-refractivity contribution in [2.75, 3.05) is 0 Å². The lowest BCUT2D eigenvalue weighted by molar-refractivity contribution is 0.0972. The molecular weight excluding hydrogens is 204 g/mol. The average Bonchev–Trinajstić information content (AvgIpc) is 2.75. The number of carbonyl (C=O) groups excluding carboxylic acids is 1. The molecule has 0 amide bonds. The zero-order chi connectivity index (χ0) is 11.0. The fourth-order valence-electron chi connectivity index (χ4n) is 2.00. The number of carbonyl (C=O) groups is 1. The fourth-order valence-corrected chi connectivity index (χ4v) is 2.00. The summed E-state index contributed by atoms with van der Waals surface area (Å²) in [4.78, 5) is 19.6. The summed E-state index contributed by atoms with van der Waals surface area (Å²) in [6.07, 6.45) is 7.18. The minimum Gasteiger partial charge on any atom is -0.294 e. The van der Waals surface area contributed by atoms with Gasteiger partial charge < -0.3 is 0 Å². The van der Waals surface area contributed by atoms with Gasteiger partial charge in [0.25, 0.3) is 0 Å². The Labute approximate surface area is 92.2 Å². The van der Waals surface area contributed by atoms with Crippen molar-refractivity contribution in [2.45, 2.75) is 19.3 Å². The van der Waals surface area contributed by atoms with Crippen LogP contribution in [0.15, 0.2) is 24.8 Å². The molecule has 0 aromatic carbocycles. The molecule has 80 valence electrons. The number of aromatic nitrogens is 4. The Morgan fingerprint density at radius 3 is 3.06 bits per heavy atom. The molecule has 0 N–H and O–H groups in total. The molecule has 5 heteroatoms. The Hall–Kier alpha value is -2.04. The van der Waals surface area contributed by atoms with Crippen LogP contribution in [-0.4, -0.2) is 25.5 Å². The monoisotopic (exact) mass is 214 g/mol. The van der Waals surface area contributed by atoms with Crippen molar-refractivity contribution in [1.82, 2.24) is 19.7 Å². The van der Waals surface area contributed by atoms with E-state index in [0.29, 0.717) is 12.2 Å². The first-order valence-electron chi connectivity index (χ1n) is 5.23. The van der Waals surface area contributed by atoms with E-state index < -0.39 is 0 Å². The second-order valence-corrected chi connectivity index (χ2v) is 3.76. The van der Waals surface area contributed by atoms with Gasteiger partial charge in [0.1, 0.15) is 6.33 Å². The molecule has 0 saturated heterocycles. The largest absolute Gasteiger partial charge is 0.294 e. The SMILES string of the molecule is O=C1CCCc2c1cnn2-c1ccncn1. The summed E-state index contributed by atoms with van der Waals surface area (Å²) < 4.78 is 1.73. The Morgan fingerprint density at radius 1 is 1.31 bits per heavy atom. The van der Waals surface area contributed by atoms with Crippen LogP contribution in [0.4, 0.5) is 0 Å². The normalized spacial score (nSPS) is 14.9. The Balaban J connectivity index is 2.13. The molecule has 0 radical (unpaired) electrons. The zero-order valence-electron chi connectivity index (χ0n) is 8.63. The predicted octanol–water partition coefficient (Wildman–Crippen LogP) is 1.18. The maximum atomic E-state index is 11.6. The molecule has 16 heavy (non-hydrogen) atoms. The van der Waals surface area contributed by atoms with E-state index in [2.05, 4.69) is 15.1 Å². The molecule has 0 atom stereocenters. The number of nitrogens with zero attached hydrogens (tertiary/aromatic N) is 4. The quantitative estimate of drug-likeness (QED) is 0.715. The van der Waals surface area contributed by atoms with Crippen LogP contribution < -0.4 is 0 Å². The minimum absolute atomic E-state index is 0.182. The van der Waals surface area contributed by atoms with Crippen molar-refractivity contribution in [3.05, 3.63) is 36.0 Å². The van der Waals surface area contributed by atoms with Gasteiger partial charge in [-0.2, -0.15) is 5.10 Å². The van der Waals surface area contributed by atoms with E-state index in [1.165, 1.54) is 6.33 Å². The summed E-state index contributed by atoms with van der Waals surface area (Å²) in [6.45, 7) is 0. The molecule has 2 aromatic heterocycles. The molecule has 0 aliphatic heterocycles. The molecule has 0 fully saturated rings. The van der Waals surface area contributed by atoms with Crippen molar-refractivity contribution < 1.29 is 4.79 Å². The summed E-state index contributed by atoms with van der Waals surface area (Å²) in [5.74, 6) is 0.896. The van der Waals surface area contributed by atoms with E-state index >= 15 is 0 Å². The summed E-state index contributed by atoms with van der Waals surface area (Å²) >= 11 is 0. The summed E-state index contributed by atoms with van der Waals surface area (Å²) in [7, 11) is 0. The van der Waals surface area contributed by atoms with E-state index in [1.807, 2.05) is 0 Å². The number of fused-ring (bicyclic) bond motifs is 1. The summed E-state index contributed by atoms with van der Waals surface area (Å²) in [5.41, 5.74) is 1.71. The van der Waals surface area contributed by atoms with Crippen LogP contribution in [0.3, 0.4) is 0 Å². The smallest absolute Gasteiger partial charge is 0.166 e. The van der Waals surface area contributed by atoms with Gasteiger partial charge in [0.05, 0.1) is 17.5 Å². The number of ketones is 1. The Morgan fingerprint density at radius 2 is 2.25 bits per heavy atom. The van der Waals surface area contributed by atoms with Crippen LogP contribution in [0.2, 0.25) is 0 Å². The van der Waals surface area contributed by atoms with E-state index in [0.717, 1.165) is 24.1 Å².